The summed E-state index contributed by atoms with van der Waals surface area (Å²) in [6, 6.07) is 18.7. The number of carbonyl (C=O) groups is 1. The highest BCUT2D eigenvalue weighted by Gasteiger charge is 2.19. The molecule has 1 N–H and O–H groups in total. The second kappa shape index (κ2) is 9.51. The molecule has 3 aromatic carbocycles. The maximum atomic E-state index is 12.7. The fourth-order valence-corrected chi connectivity index (χ4v) is 3.30. The monoisotopic (exact) mass is 434 g/mol. The highest BCUT2D eigenvalue weighted by atomic mass is 16.6. The number of ether oxygens (including phenoxy) is 2. The molecule has 166 valence electrons. The van der Waals surface area contributed by atoms with Crippen molar-refractivity contribution in [2.75, 3.05) is 12.4 Å². The van der Waals surface area contributed by atoms with Crippen LogP contribution in [-0.4, -0.2) is 17.9 Å². The number of methoxy groups -OCH3 is 1. The summed E-state index contributed by atoms with van der Waals surface area (Å²) in [5.74, 6) is 0.989. The van der Waals surface area contributed by atoms with Crippen molar-refractivity contribution in [3.8, 4) is 11.5 Å². The van der Waals surface area contributed by atoms with E-state index in [1.807, 2.05) is 24.3 Å². The lowest BCUT2D eigenvalue weighted by molar-refractivity contribution is -0.384. The first-order chi connectivity index (χ1) is 15.2. The first-order valence-electron chi connectivity index (χ1n) is 10.1. The van der Waals surface area contributed by atoms with Crippen molar-refractivity contribution in [3.63, 3.8) is 0 Å². The number of para-hydroxylation sites is 1. The SMILES string of the molecule is COc1ccc(C(=O)Nc2cccc([N+](=O)[O-])c2)cc1COc1ccccc1C(C)(C)C. The van der Waals surface area contributed by atoms with Gasteiger partial charge in [0.05, 0.1) is 12.0 Å². The number of hydrogen-bond donors (Lipinski definition) is 1. The number of rotatable bonds is 7. The van der Waals surface area contributed by atoms with Crippen LogP contribution in [0.1, 0.15) is 42.3 Å². The molecule has 1 amide bonds. The van der Waals surface area contributed by atoms with E-state index >= 15 is 0 Å². The van der Waals surface area contributed by atoms with Crippen molar-refractivity contribution in [3.05, 3.63) is 93.5 Å². The topological polar surface area (TPSA) is 90.7 Å². The van der Waals surface area contributed by atoms with E-state index in [-0.39, 0.29) is 23.6 Å². The largest absolute Gasteiger partial charge is 0.496 e. The quantitative estimate of drug-likeness (QED) is 0.379. The van der Waals surface area contributed by atoms with Crippen LogP contribution in [0.15, 0.2) is 66.7 Å². The summed E-state index contributed by atoms with van der Waals surface area (Å²) in [7, 11) is 1.56. The number of non-ortho nitro benzene ring substituents is 1. The summed E-state index contributed by atoms with van der Waals surface area (Å²) in [5, 5.41) is 13.7. The van der Waals surface area contributed by atoms with Gasteiger partial charge in [-0.3, -0.25) is 14.9 Å². The molecule has 0 bridgehead atoms. The molecule has 0 atom stereocenters. The molecule has 0 aliphatic heterocycles. The zero-order chi connectivity index (χ0) is 23.3. The highest BCUT2D eigenvalue weighted by molar-refractivity contribution is 6.04. The van der Waals surface area contributed by atoms with Crippen molar-refractivity contribution in [2.45, 2.75) is 32.8 Å². The Balaban J connectivity index is 1.81. The molecule has 0 saturated carbocycles. The molecule has 3 aromatic rings. The number of nitro groups is 1. The van der Waals surface area contributed by atoms with Crippen molar-refractivity contribution in [1.29, 1.82) is 0 Å². The Morgan fingerprint density at radius 1 is 1.00 bits per heavy atom. The summed E-state index contributed by atoms with van der Waals surface area (Å²) in [5.41, 5.74) is 2.35. The molecular formula is C25H26N2O5. The van der Waals surface area contributed by atoms with Crippen LogP contribution in [0, 0.1) is 10.1 Å². The molecule has 32 heavy (non-hydrogen) atoms. The summed E-state index contributed by atoms with van der Waals surface area (Å²) in [4.78, 5) is 23.2. The van der Waals surface area contributed by atoms with Gasteiger partial charge in [-0.25, -0.2) is 0 Å². The maximum Gasteiger partial charge on any atom is 0.271 e. The van der Waals surface area contributed by atoms with E-state index in [0.29, 0.717) is 22.6 Å². The van der Waals surface area contributed by atoms with Gasteiger partial charge in [-0.05, 0) is 41.3 Å². The molecule has 0 fully saturated rings. The third-order valence-corrected chi connectivity index (χ3v) is 4.94. The predicted octanol–water partition coefficient (Wildman–Crippen LogP) is 5.73. The first-order valence-corrected chi connectivity index (χ1v) is 10.1. The van der Waals surface area contributed by atoms with Crippen molar-refractivity contribution >= 4 is 17.3 Å². The lowest BCUT2D eigenvalue weighted by Gasteiger charge is -2.23. The molecule has 0 saturated heterocycles. The van der Waals surface area contributed by atoms with E-state index in [1.54, 1.807) is 31.4 Å². The van der Waals surface area contributed by atoms with Crippen LogP contribution in [0.25, 0.3) is 0 Å². The second-order valence-corrected chi connectivity index (χ2v) is 8.32. The van der Waals surface area contributed by atoms with E-state index in [1.165, 1.54) is 18.2 Å². The number of carbonyl (C=O) groups excluding carboxylic acids is 1. The minimum atomic E-state index is -0.506. The summed E-state index contributed by atoms with van der Waals surface area (Å²) < 4.78 is 11.5. The van der Waals surface area contributed by atoms with Gasteiger partial charge in [0.15, 0.2) is 0 Å². The average Bonchev–Trinajstić information content (AvgIpc) is 2.77. The lowest BCUT2D eigenvalue weighted by Crippen LogP contribution is -2.14. The molecular weight excluding hydrogens is 408 g/mol. The normalized spacial score (nSPS) is 11.0. The lowest BCUT2D eigenvalue weighted by atomic mass is 9.86. The van der Waals surface area contributed by atoms with Gasteiger partial charge >= 0.3 is 0 Å². The van der Waals surface area contributed by atoms with Crippen LogP contribution in [0.3, 0.4) is 0 Å². The fraction of sp³-hybridized carbons (Fsp3) is 0.240. The summed E-state index contributed by atoms with van der Waals surface area (Å²) >= 11 is 0. The van der Waals surface area contributed by atoms with Crippen LogP contribution >= 0.6 is 0 Å². The average molecular weight is 434 g/mol. The van der Waals surface area contributed by atoms with Crippen LogP contribution in [-0.2, 0) is 12.0 Å². The van der Waals surface area contributed by atoms with Gasteiger partial charge < -0.3 is 14.8 Å². The van der Waals surface area contributed by atoms with Crippen LogP contribution in [0.5, 0.6) is 11.5 Å². The minimum Gasteiger partial charge on any atom is -0.496 e. The van der Waals surface area contributed by atoms with Crippen molar-refractivity contribution in [1.82, 2.24) is 0 Å². The second-order valence-electron chi connectivity index (χ2n) is 8.32. The summed E-state index contributed by atoms with van der Waals surface area (Å²) in [6.45, 7) is 6.58. The van der Waals surface area contributed by atoms with E-state index in [4.69, 9.17) is 9.47 Å². The van der Waals surface area contributed by atoms with Crippen molar-refractivity contribution < 1.29 is 19.2 Å². The molecule has 0 aromatic heterocycles. The van der Waals surface area contributed by atoms with Gasteiger partial charge in [0.25, 0.3) is 11.6 Å². The molecule has 0 spiro atoms. The van der Waals surface area contributed by atoms with Gasteiger partial charge in [-0.2, -0.15) is 0 Å². The van der Waals surface area contributed by atoms with E-state index in [0.717, 1.165) is 11.3 Å². The molecule has 0 radical (unpaired) electrons. The van der Waals surface area contributed by atoms with Gasteiger partial charge in [0, 0.05) is 28.9 Å². The smallest absolute Gasteiger partial charge is 0.271 e. The van der Waals surface area contributed by atoms with Crippen molar-refractivity contribution in [2.24, 2.45) is 0 Å². The van der Waals surface area contributed by atoms with Gasteiger partial charge in [0.2, 0.25) is 0 Å². The zero-order valence-corrected chi connectivity index (χ0v) is 18.5. The van der Waals surface area contributed by atoms with E-state index in [9.17, 15) is 14.9 Å². The number of benzene rings is 3. The standard InChI is InChI=1S/C25H26N2O5/c1-25(2,3)21-10-5-6-11-23(21)32-16-18-14-17(12-13-22(18)31-4)24(28)26-19-8-7-9-20(15-19)27(29)30/h5-15H,16H2,1-4H3,(H,26,28). The Morgan fingerprint density at radius 2 is 1.75 bits per heavy atom. The number of amides is 1. The Morgan fingerprint density at radius 3 is 2.44 bits per heavy atom. The van der Waals surface area contributed by atoms with E-state index < -0.39 is 4.92 Å². The predicted molar refractivity (Wildman–Crippen MR) is 124 cm³/mol. The van der Waals surface area contributed by atoms with Crippen LogP contribution in [0.4, 0.5) is 11.4 Å². The Bertz CT molecular complexity index is 1140. The summed E-state index contributed by atoms with van der Waals surface area (Å²) in [6.07, 6.45) is 0. The van der Waals surface area contributed by atoms with Crippen LogP contribution in [0.2, 0.25) is 0 Å². The van der Waals surface area contributed by atoms with Gasteiger partial charge in [0.1, 0.15) is 18.1 Å². The number of anilines is 1. The number of nitro benzene ring substituents is 1. The third-order valence-electron chi connectivity index (χ3n) is 4.94. The number of hydrogen-bond acceptors (Lipinski definition) is 5. The Kier molecular flexibility index (Phi) is 6.78. The molecule has 0 unspecified atom stereocenters. The minimum absolute atomic E-state index is 0.0826. The molecule has 3 rings (SSSR count). The number of nitrogens with zero attached hydrogens (tertiary/aromatic N) is 1. The number of nitrogens with one attached hydrogen (secondary N) is 1. The fourth-order valence-electron chi connectivity index (χ4n) is 3.30. The van der Waals surface area contributed by atoms with Crippen LogP contribution < -0.4 is 14.8 Å². The van der Waals surface area contributed by atoms with Gasteiger partial charge in [-0.1, -0.05) is 45.0 Å². The molecule has 7 nitrogen and oxygen atoms in total. The Hall–Kier alpha value is -3.87. The van der Waals surface area contributed by atoms with Gasteiger partial charge in [-0.15, -0.1) is 0 Å². The molecule has 0 aliphatic carbocycles. The molecule has 0 heterocycles. The zero-order valence-electron chi connectivity index (χ0n) is 18.5. The first kappa shape index (κ1) is 22.8. The third kappa shape index (κ3) is 5.43. The molecule has 7 heteroatoms. The molecule has 0 aliphatic rings. The van der Waals surface area contributed by atoms with E-state index in [2.05, 4.69) is 26.1 Å². The Labute approximate surface area is 187 Å². The maximum absolute atomic E-state index is 12.7. The highest BCUT2D eigenvalue weighted by Crippen LogP contribution is 2.32.